The smallest absolute Gasteiger partial charge is 0.258 e. The molecule has 3 N–H and O–H groups in total. The van der Waals surface area contributed by atoms with E-state index < -0.39 is 11.7 Å². The van der Waals surface area contributed by atoms with Gasteiger partial charge in [-0.1, -0.05) is 23.7 Å². The van der Waals surface area contributed by atoms with Crippen LogP contribution in [0.1, 0.15) is 24.2 Å². The minimum atomic E-state index is -0.583. The Labute approximate surface area is 140 Å². The second kappa shape index (κ2) is 7.33. The Hall–Kier alpha value is -2.27. The second-order valence-corrected chi connectivity index (χ2v) is 5.40. The molecule has 0 spiro atoms. The summed E-state index contributed by atoms with van der Waals surface area (Å²) in [5.74, 6) is -1.14. The third-order valence-corrected chi connectivity index (χ3v) is 3.90. The molecular weight excluding hydrogens is 317 g/mol. The summed E-state index contributed by atoms with van der Waals surface area (Å²) in [6.07, 6.45) is 0. The summed E-state index contributed by atoms with van der Waals surface area (Å²) in [6, 6.07) is 9.09. The zero-order valence-electron chi connectivity index (χ0n) is 13.1. The molecule has 0 heterocycles. The molecule has 2 aromatic rings. The second-order valence-electron chi connectivity index (χ2n) is 5.00. The van der Waals surface area contributed by atoms with Gasteiger partial charge in [0.2, 0.25) is 0 Å². The molecule has 122 valence electrons. The topological polar surface area (TPSA) is 58.4 Å². The number of carbonyl (C=O) groups excluding carboxylic acids is 1. The number of hydrogen-bond acceptors (Lipinski definition) is 3. The van der Waals surface area contributed by atoms with E-state index in [0.717, 1.165) is 18.8 Å². The minimum Gasteiger partial charge on any atom is -0.397 e. The van der Waals surface area contributed by atoms with Crippen LogP contribution in [-0.2, 0) is 0 Å². The Kier molecular flexibility index (Phi) is 5.45. The van der Waals surface area contributed by atoms with Gasteiger partial charge in [-0.2, -0.15) is 0 Å². The highest BCUT2D eigenvalue weighted by atomic mass is 35.5. The number of nitrogens with one attached hydrogen (secondary N) is 1. The third-order valence-electron chi connectivity index (χ3n) is 3.59. The van der Waals surface area contributed by atoms with Gasteiger partial charge in [-0.05, 0) is 38.1 Å². The van der Waals surface area contributed by atoms with Gasteiger partial charge in [-0.3, -0.25) is 4.79 Å². The highest BCUT2D eigenvalue weighted by Gasteiger charge is 2.15. The van der Waals surface area contributed by atoms with Crippen molar-refractivity contribution in [1.29, 1.82) is 0 Å². The normalized spacial score (nSPS) is 10.4. The largest absolute Gasteiger partial charge is 0.397 e. The van der Waals surface area contributed by atoms with Crippen LogP contribution < -0.4 is 16.0 Å². The molecule has 2 rings (SSSR count). The predicted molar refractivity (Wildman–Crippen MR) is 93.8 cm³/mol. The summed E-state index contributed by atoms with van der Waals surface area (Å²) in [6.45, 7) is 5.55. The van der Waals surface area contributed by atoms with E-state index in [4.69, 9.17) is 17.3 Å². The standard InChI is InChI=1S/C17H19ClFN3O/c1-3-22(4-2)16-10-15(12(18)9-14(16)20)21-17(23)11-7-5-6-8-13(11)19/h5-10H,3-4,20H2,1-2H3,(H,21,23). The molecule has 0 aromatic heterocycles. The van der Waals surface area contributed by atoms with E-state index in [0.29, 0.717) is 16.4 Å². The Bertz CT molecular complexity index is 717. The number of nitrogens with two attached hydrogens (primary N) is 1. The Balaban J connectivity index is 2.34. The summed E-state index contributed by atoms with van der Waals surface area (Å²) in [5.41, 5.74) is 7.68. The molecule has 0 saturated heterocycles. The molecule has 2 aromatic carbocycles. The van der Waals surface area contributed by atoms with Gasteiger partial charge in [0, 0.05) is 13.1 Å². The molecule has 0 aliphatic rings. The Morgan fingerprint density at radius 3 is 2.52 bits per heavy atom. The van der Waals surface area contributed by atoms with Crippen molar-refractivity contribution in [2.45, 2.75) is 13.8 Å². The Morgan fingerprint density at radius 2 is 1.91 bits per heavy atom. The third kappa shape index (κ3) is 3.74. The molecule has 0 unspecified atom stereocenters. The van der Waals surface area contributed by atoms with Crippen LogP contribution in [0.2, 0.25) is 5.02 Å². The average Bonchev–Trinajstić information content (AvgIpc) is 2.53. The summed E-state index contributed by atoms with van der Waals surface area (Å²) in [4.78, 5) is 14.3. The molecule has 0 bridgehead atoms. The van der Waals surface area contributed by atoms with Gasteiger partial charge in [-0.25, -0.2) is 4.39 Å². The minimum absolute atomic E-state index is 0.0372. The first-order chi connectivity index (χ1) is 11.0. The van der Waals surface area contributed by atoms with Crippen LogP contribution >= 0.6 is 11.6 Å². The first-order valence-corrected chi connectivity index (χ1v) is 7.75. The molecule has 0 fully saturated rings. The van der Waals surface area contributed by atoms with Gasteiger partial charge < -0.3 is 16.0 Å². The lowest BCUT2D eigenvalue weighted by molar-refractivity contribution is 0.102. The average molecular weight is 336 g/mol. The van der Waals surface area contributed by atoms with Gasteiger partial charge in [-0.15, -0.1) is 0 Å². The summed E-state index contributed by atoms with van der Waals surface area (Å²) in [7, 11) is 0. The van der Waals surface area contributed by atoms with Crippen LogP contribution in [0, 0.1) is 5.82 Å². The van der Waals surface area contributed by atoms with E-state index in [1.54, 1.807) is 18.2 Å². The van der Waals surface area contributed by atoms with E-state index >= 15 is 0 Å². The van der Waals surface area contributed by atoms with Gasteiger partial charge in [0.05, 0.1) is 27.6 Å². The number of nitrogen functional groups attached to an aromatic ring is 1. The monoisotopic (exact) mass is 335 g/mol. The van der Waals surface area contributed by atoms with Crippen LogP contribution in [0.5, 0.6) is 0 Å². The maximum Gasteiger partial charge on any atom is 0.258 e. The zero-order valence-corrected chi connectivity index (χ0v) is 13.8. The maximum absolute atomic E-state index is 13.7. The fraction of sp³-hybridized carbons (Fsp3) is 0.235. The number of rotatable bonds is 5. The van der Waals surface area contributed by atoms with Crippen molar-refractivity contribution in [3.63, 3.8) is 0 Å². The van der Waals surface area contributed by atoms with Crippen molar-refractivity contribution >= 4 is 34.6 Å². The van der Waals surface area contributed by atoms with E-state index in [1.807, 2.05) is 18.7 Å². The maximum atomic E-state index is 13.7. The lowest BCUT2D eigenvalue weighted by Crippen LogP contribution is -2.23. The molecule has 0 radical (unpaired) electrons. The molecule has 23 heavy (non-hydrogen) atoms. The lowest BCUT2D eigenvalue weighted by atomic mass is 10.1. The van der Waals surface area contributed by atoms with E-state index in [9.17, 15) is 9.18 Å². The highest BCUT2D eigenvalue weighted by Crippen LogP contribution is 2.33. The zero-order chi connectivity index (χ0) is 17.0. The van der Waals surface area contributed by atoms with Crippen LogP contribution in [0.25, 0.3) is 0 Å². The van der Waals surface area contributed by atoms with Crippen molar-refractivity contribution in [3.05, 3.63) is 52.8 Å². The van der Waals surface area contributed by atoms with Gasteiger partial charge in [0.15, 0.2) is 0 Å². The van der Waals surface area contributed by atoms with Crippen molar-refractivity contribution in [2.75, 3.05) is 29.0 Å². The quantitative estimate of drug-likeness (QED) is 0.807. The van der Waals surface area contributed by atoms with Crippen LogP contribution in [0.3, 0.4) is 0 Å². The summed E-state index contributed by atoms with van der Waals surface area (Å²) < 4.78 is 13.7. The number of carbonyl (C=O) groups is 1. The summed E-state index contributed by atoms with van der Waals surface area (Å²) >= 11 is 6.16. The van der Waals surface area contributed by atoms with Crippen LogP contribution in [0.15, 0.2) is 36.4 Å². The SMILES string of the molecule is CCN(CC)c1cc(NC(=O)c2ccccc2F)c(Cl)cc1N. The number of halogens is 2. The first-order valence-electron chi connectivity index (χ1n) is 7.37. The number of anilines is 3. The number of nitrogens with zero attached hydrogens (tertiary/aromatic N) is 1. The lowest BCUT2D eigenvalue weighted by Gasteiger charge is -2.24. The van der Waals surface area contributed by atoms with Gasteiger partial charge >= 0.3 is 0 Å². The molecule has 1 amide bonds. The Morgan fingerprint density at radius 1 is 1.26 bits per heavy atom. The fourth-order valence-corrected chi connectivity index (χ4v) is 2.57. The van der Waals surface area contributed by atoms with E-state index in [1.165, 1.54) is 18.2 Å². The van der Waals surface area contributed by atoms with Crippen LogP contribution in [0.4, 0.5) is 21.5 Å². The first kappa shape index (κ1) is 17.1. The van der Waals surface area contributed by atoms with Gasteiger partial charge in [0.25, 0.3) is 5.91 Å². The number of benzene rings is 2. The molecule has 0 aliphatic heterocycles. The van der Waals surface area contributed by atoms with Crippen molar-refractivity contribution in [1.82, 2.24) is 0 Å². The van der Waals surface area contributed by atoms with Crippen molar-refractivity contribution in [2.24, 2.45) is 0 Å². The molecule has 6 heteroatoms. The molecule has 0 atom stereocenters. The molecular formula is C17H19ClFN3O. The van der Waals surface area contributed by atoms with Gasteiger partial charge in [0.1, 0.15) is 5.82 Å². The number of hydrogen-bond donors (Lipinski definition) is 2. The molecule has 0 saturated carbocycles. The molecule has 4 nitrogen and oxygen atoms in total. The van der Waals surface area contributed by atoms with E-state index in [-0.39, 0.29) is 5.56 Å². The highest BCUT2D eigenvalue weighted by molar-refractivity contribution is 6.34. The summed E-state index contributed by atoms with van der Waals surface area (Å²) in [5, 5.41) is 2.95. The fourth-order valence-electron chi connectivity index (χ4n) is 2.35. The molecule has 0 aliphatic carbocycles. The predicted octanol–water partition coefficient (Wildman–Crippen LogP) is 4.16. The van der Waals surface area contributed by atoms with Crippen molar-refractivity contribution < 1.29 is 9.18 Å². The number of amides is 1. The van der Waals surface area contributed by atoms with E-state index in [2.05, 4.69) is 5.32 Å². The van der Waals surface area contributed by atoms with Crippen molar-refractivity contribution in [3.8, 4) is 0 Å². The van der Waals surface area contributed by atoms with Crippen LogP contribution in [-0.4, -0.2) is 19.0 Å².